The molecule has 0 aliphatic heterocycles. The molecule has 0 spiro atoms. The first-order chi connectivity index (χ1) is 12.0. The SMILES string of the molecule is C[C@H](NC(=O)CNC(=O)CNC(=O)c1ccco1)c1cccc(Cl)c1. The Labute approximate surface area is 149 Å². The van der Waals surface area contributed by atoms with Gasteiger partial charge in [0, 0.05) is 5.02 Å². The summed E-state index contributed by atoms with van der Waals surface area (Å²) in [5.74, 6) is -1.22. The van der Waals surface area contributed by atoms with E-state index in [-0.39, 0.29) is 30.8 Å². The van der Waals surface area contributed by atoms with Gasteiger partial charge in [-0.05, 0) is 36.8 Å². The zero-order valence-corrected chi connectivity index (χ0v) is 14.3. The van der Waals surface area contributed by atoms with Gasteiger partial charge in [0.15, 0.2) is 5.76 Å². The van der Waals surface area contributed by atoms with Crippen molar-refractivity contribution in [2.24, 2.45) is 0 Å². The number of carbonyl (C=O) groups is 3. The predicted molar refractivity (Wildman–Crippen MR) is 92.1 cm³/mol. The van der Waals surface area contributed by atoms with Crippen LogP contribution in [0.5, 0.6) is 0 Å². The van der Waals surface area contributed by atoms with Gasteiger partial charge in [-0.3, -0.25) is 14.4 Å². The molecule has 25 heavy (non-hydrogen) atoms. The van der Waals surface area contributed by atoms with Gasteiger partial charge in [-0.2, -0.15) is 0 Å². The van der Waals surface area contributed by atoms with E-state index >= 15 is 0 Å². The Hall–Kier alpha value is -2.80. The highest BCUT2D eigenvalue weighted by molar-refractivity contribution is 6.30. The van der Waals surface area contributed by atoms with Gasteiger partial charge in [0.1, 0.15) is 0 Å². The summed E-state index contributed by atoms with van der Waals surface area (Å²) in [6, 6.07) is 9.95. The van der Waals surface area contributed by atoms with E-state index < -0.39 is 11.8 Å². The molecule has 1 atom stereocenters. The standard InChI is InChI=1S/C17H18ClN3O4/c1-11(12-4-2-5-13(18)8-12)21-16(23)10-19-15(22)9-20-17(24)14-6-3-7-25-14/h2-8,11H,9-10H2,1H3,(H,19,22)(H,20,24)(H,21,23)/t11-/m0/s1. The minimum Gasteiger partial charge on any atom is -0.459 e. The van der Waals surface area contributed by atoms with Crippen LogP contribution in [0.3, 0.4) is 0 Å². The van der Waals surface area contributed by atoms with Gasteiger partial charge in [-0.1, -0.05) is 23.7 Å². The van der Waals surface area contributed by atoms with E-state index in [1.807, 2.05) is 13.0 Å². The molecule has 0 bridgehead atoms. The summed E-state index contributed by atoms with van der Waals surface area (Å²) in [5.41, 5.74) is 0.859. The van der Waals surface area contributed by atoms with Crippen LogP contribution in [-0.4, -0.2) is 30.8 Å². The molecule has 1 aromatic heterocycles. The second kappa shape index (κ2) is 8.89. The average molecular weight is 364 g/mol. The molecule has 2 rings (SSSR count). The van der Waals surface area contributed by atoms with Crippen LogP contribution in [0.2, 0.25) is 5.02 Å². The maximum atomic E-state index is 11.9. The molecule has 0 unspecified atom stereocenters. The quantitative estimate of drug-likeness (QED) is 0.696. The molecule has 0 aliphatic carbocycles. The molecule has 3 N–H and O–H groups in total. The van der Waals surface area contributed by atoms with Gasteiger partial charge in [0.05, 0.1) is 25.4 Å². The molecule has 1 aromatic carbocycles. The average Bonchev–Trinajstić information content (AvgIpc) is 3.12. The van der Waals surface area contributed by atoms with Gasteiger partial charge in [0.2, 0.25) is 11.8 Å². The largest absolute Gasteiger partial charge is 0.459 e. The Morgan fingerprint density at radius 1 is 1.08 bits per heavy atom. The van der Waals surface area contributed by atoms with E-state index in [1.165, 1.54) is 12.3 Å². The second-order valence-corrected chi connectivity index (χ2v) is 5.72. The van der Waals surface area contributed by atoms with Crippen molar-refractivity contribution >= 4 is 29.3 Å². The van der Waals surface area contributed by atoms with Crippen molar-refractivity contribution in [2.45, 2.75) is 13.0 Å². The van der Waals surface area contributed by atoms with Crippen LogP contribution >= 0.6 is 11.6 Å². The number of hydrogen-bond donors (Lipinski definition) is 3. The molecule has 132 valence electrons. The molecule has 0 aliphatic rings. The number of benzene rings is 1. The lowest BCUT2D eigenvalue weighted by atomic mass is 10.1. The van der Waals surface area contributed by atoms with Gasteiger partial charge in [0.25, 0.3) is 5.91 Å². The maximum absolute atomic E-state index is 11.9. The van der Waals surface area contributed by atoms with E-state index in [2.05, 4.69) is 16.0 Å². The molecule has 7 nitrogen and oxygen atoms in total. The first kappa shape index (κ1) is 18.5. The number of halogens is 1. The van der Waals surface area contributed by atoms with Crippen LogP contribution in [0.4, 0.5) is 0 Å². The Morgan fingerprint density at radius 2 is 1.84 bits per heavy atom. The second-order valence-electron chi connectivity index (χ2n) is 5.28. The molecular weight excluding hydrogens is 346 g/mol. The highest BCUT2D eigenvalue weighted by atomic mass is 35.5. The minimum atomic E-state index is -0.501. The molecule has 8 heteroatoms. The fourth-order valence-electron chi connectivity index (χ4n) is 2.05. The molecule has 0 radical (unpaired) electrons. The predicted octanol–water partition coefficient (Wildman–Crippen LogP) is 1.66. The van der Waals surface area contributed by atoms with Crippen LogP contribution in [0, 0.1) is 0 Å². The summed E-state index contributed by atoms with van der Waals surface area (Å²) in [4.78, 5) is 35.2. The third-order valence-corrected chi connectivity index (χ3v) is 3.56. The summed E-state index contributed by atoms with van der Waals surface area (Å²) < 4.78 is 4.90. The fourth-order valence-corrected chi connectivity index (χ4v) is 2.25. The first-order valence-electron chi connectivity index (χ1n) is 7.59. The fraction of sp³-hybridized carbons (Fsp3) is 0.235. The van der Waals surface area contributed by atoms with Crippen LogP contribution in [0.25, 0.3) is 0 Å². The summed E-state index contributed by atoms with van der Waals surface area (Å²) in [6.07, 6.45) is 1.36. The Balaban J connectivity index is 1.70. The van der Waals surface area contributed by atoms with Crippen molar-refractivity contribution in [3.63, 3.8) is 0 Å². The number of amides is 3. The smallest absolute Gasteiger partial charge is 0.287 e. The lowest BCUT2D eigenvalue weighted by molar-refractivity contribution is -0.125. The van der Waals surface area contributed by atoms with E-state index in [9.17, 15) is 14.4 Å². The molecule has 2 aromatic rings. The van der Waals surface area contributed by atoms with Crippen molar-refractivity contribution in [2.75, 3.05) is 13.1 Å². The van der Waals surface area contributed by atoms with Gasteiger partial charge in [-0.15, -0.1) is 0 Å². The molecule has 3 amide bonds. The van der Waals surface area contributed by atoms with Crippen LogP contribution in [0.15, 0.2) is 47.1 Å². The number of carbonyl (C=O) groups excluding carboxylic acids is 3. The van der Waals surface area contributed by atoms with Crippen LogP contribution in [-0.2, 0) is 9.59 Å². The van der Waals surface area contributed by atoms with E-state index in [0.717, 1.165) is 5.56 Å². The number of nitrogens with one attached hydrogen (secondary N) is 3. The topological polar surface area (TPSA) is 100 Å². The van der Waals surface area contributed by atoms with E-state index in [0.29, 0.717) is 5.02 Å². The number of hydrogen-bond acceptors (Lipinski definition) is 4. The van der Waals surface area contributed by atoms with Gasteiger partial charge in [-0.25, -0.2) is 0 Å². The van der Waals surface area contributed by atoms with Crippen LogP contribution in [0.1, 0.15) is 29.1 Å². The van der Waals surface area contributed by atoms with E-state index in [1.54, 1.807) is 24.3 Å². The highest BCUT2D eigenvalue weighted by Crippen LogP contribution is 2.16. The van der Waals surface area contributed by atoms with Gasteiger partial charge < -0.3 is 20.4 Å². The highest BCUT2D eigenvalue weighted by Gasteiger charge is 2.13. The number of furan rings is 1. The molecular formula is C17H18ClN3O4. The van der Waals surface area contributed by atoms with Crippen LogP contribution < -0.4 is 16.0 Å². The Morgan fingerprint density at radius 3 is 2.52 bits per heavy atom. The molecule has 0 saturated carbocycles. The number of rotatable bonds is 7. The summed E-state index contributed by atoms with van der Waals surface area (Å²) in [5, 5.41) is 8.15. The van der Waals surface area contributed by atoms with Crippen molar-refractivity contribution in [3.05, 3.63) is 59.0 Å². The molecule has 1 heterocycles. The maximum Gasteiger partial charge on any atom is 0.287 e. The van der Waals surface area contributed by atoms with E-state index in [4.69, 9.17) is 16.0 Å². The molecule has 0 fully saturated rings. The zero-order chi connectivity index (χ0) is 18.2. The lowest BCUT2D eigenvalue weighted by Gasteiger charge is -2.15. The summed E-state index contributed by atoms with van der Waals surface area (Å²) in [6.45, 7) is 1.37. The first-order valence-corrected chi connectivity index (χ1v) is 7.96. The Bertz CT molecular complexity index is 746. The van der Waals surface area contributed by atoms with Crippen molar-refractivity contribution < 1.29 is 18.8 Å². The zero-order valence-electron chi connectivity index (χ0n) is 13.5. The monoisotopic (exact) mass is 363 g/mol. The van der Waals surface area contributed by atoms with Gasteiger partial charge >= 0.3 is 0 Å². The third kappa shape index (κ3) is 5.96. The minimum absolute atomic E-state index is 0.112. The van der Waals surface area contributed by atoms with Crippen molar-refractivity contribution in [3.8, 4) is 0 Å². The Kier molecular flexibility index (Phi) is 6.59. The third-order valence-electron chi connectivity index (χ3n) is 3.33. The summed E-state index contributed by atoms with van der Waals surface area (Å²) in [7, 11) is 0. The molecule has 0 saturated heterocycles. The lowest BCUT2D eigenvalue weighted by Crippen LogP contribution is -2.42. The van der Waals surface area contributed by atoms with Crippen molar-refractivity contribution in [1.29, 1.82) is 0 Å². The summed E-state index contributed by atoms with van der Waals surface area (Å²) >= 11 is 5.91. The van der Waals surface area contributed by atoms with Crippen molar-refractivity contribution in [1.82, 2.24) is 16.0 Å². The normalized spacial score (nSPS) is 11.4.